The molecule has 2 aliphatic rings. The summed E-state index contributed by atoms with van der Waals surface area (Å²) in [6, 6.07) is 10.0. The van der Waals surface area contributed by atoms with Gasteiger partial charge in [0.15, 0.2) is 0 Å². The van der Waals surface area contributed by atoms with E-state index in [1.54, 1.807) is 0 Å². The smallest absolute Gasteiger partial charge is 0.277 e. The van der Waals surface area contributed by atoms with Crippen molar-refractivity contribution in [3.63, 3.8) is 0 Å². The number of pyridine rings is 1. The van der Waals surface area contributed by atoms with E-state index in [9.17, 15) is 4.79 Å². The molecule has 3 nitrogen and oxygen atoms in total. The van der Waals surface area contributed by atoms with Gasteiger partial charge in [-0.1, -0.05) is 18.2 Å². The summed E-state index contributed by atoms with van der Waals surface area (Å²) in [4.78, 5) is 18.7. The number of carbonyl (C=O) groups is 1. The maximum atomic E-state index is 12.3. The average Bonchev–Trinajstić information content (AvgIpc) is 2.89. The lowest BCUT2D eigenvalue weighted by Gasteiger charge is -2.09. The van der Waals surface area contributed by atoms with Crippen molar-refractivity contribution in [2.24, 2.45) is 0 Å². The fraction of sp³-hybridized carbons (Fsp3) is 0.200. The van der Waals surface area contributed by atoms with Crippen LogP contribution >= 0.6 is 0 Å². The molecule has 1 amide bonds. The number of hydrogen-bond donors (Lipinski definition) is 0. The van der Waals surface area contributed by atoms with Gasteiger partial charge in [0.2, 0.25) is 0 Å². The number of carbonyl (C=O) groups excluding carboxylic acids is 1. The van der Waals surface area contributed by atoms with Gasteiger partial charge in [0, 0.05) is 17.5 Å². The molecule has 3 heteroatoms. The molecule has 88 valence electrons. The molecule has 1 aromatic carbocycles. The van der Waals surface area contributed by atoms with Gasteiger partial charge in [0.05, 0.1) is 11.2 Å². The first-order valence-corrected chi connectivity index (χ1v) is 6.17. The second-order valence-corrected chi connectivity index (χ2v) is 4.91. The zero-order valence-electron chi connectivity index (χ0n) is 10.1. The van der Waals surface area contributed by atoms with E-state index in [4.69, 9.17) is 0 Å². The van der Waals surface area contributed by atoms with Gasteiger partial charge in [-0.15, -0.1) is 0 Å². The summed E-state index contributed by atoms with van der Waals surface area (Å²) < 4.78 is 0. The fourth-order valence-electron chi connectivity index (χ4n) is 2.91. The molecule has 2 aliphatic heterocycles. The molecule has 2 aromatic rings. The highest BCUT2D eigenvalue weighted by molar-refractivity contribution is 6.10. The number of rotatable bonds is 0. The second kappa shape index (κ2) is 3.19. The Bertz CT molecular complexity index is 730. The quantitative estimate of drug-likeness (QED) is 0.704. The Kier molecular flexibility index (Phi) is 1.74. The third-order valence-corrected chi connectivity index (χ3v) is 3.81. The van der Waals surface area contributed by atoms with Gasteiger partial charge in [-0.3, -0.25) is 4.79 Å². The van der Waals surface area contributed by atoms with Crippen molar-refractivity contribution >= 4 is 22.5 Å². The van der Waals surface area contributed by atoms with E-state index in [0.29, 0.717) is 5.69 Å². The highest BCUT2D eigenvalue weighted by Crippen LogP contribution is 2.40. The van der Waals surface area contributed by atoms with Crippen LogP contribution in [0.5, 0.6) is 0 Å². The summed E-state index contributed by atoms with van der Waals surface area (Å²) in [5.74, 6) is 0.0580. The van der Waals surface area contributed by atoms with E-state index in [-0.39, 0.29) is 5.91 Å². The van der Waals surface area contributed by atoms with E-state index in [1.807, 2.05) is 29.2 Å². The first-order chi connectivity index (χ1) is 8.75. The van der Waals surface area contributed by atoms with Gasteiger partial charge in [-0.2, -0.15) is 0 Å². The summed E-state index contributed by atoms with van der Waals surface area (Å²) in [7, 11) is 0. The third-order valence-electron chi connectivity index (χ3n) is 3.81. The van der Waals surface area contributed by atoms with E-state index < -0.39 is 0 Å². The Morgan fingerprint density at radius 1 is 1.28 bits per heavy atom. The van der Waals surface area contributed by atoms with Crippen LogP contribution in [0.2, 0.25) is 0 Å². The van der Waals surface area contributed by atoms with Crippen LogP contribution in [0, 0.1) is 0 Å². The number of nitrogens with zero attached hydrogens (tertiary/aromatic N) is 2. The Hall–Kier alpha value is -2.16. The maximum absolute atomic E-state index is 12.3. The molecule has 0 atom stereocenters. The predicted molar refractivity (Wildman–Crippen MR) is 70.0 cm³/mol. The number of aromatic nitrogens is 1. The molecule has 0 spiro atoms. The van der Waals surface area contributed by atoms with Crippen LogP contribution < -0.4 is 0 Å². The predicted octanol–water partition coefficient (Wildman–Crippen LogP) is 2.83. The van der Waals surface area contributed by atoms with Gasteiger partial charge in [0.1, 0.15) is 5.69 Å². The minimum absolute atomic E-state index is 0.0580. The zero-order valence-corrected chi connectivity index (χ0v) is 10.1. The molecule has 0 saturated carbocycles. The molecule has 3 heterocycles. The number of fused-ring (bicyclic) bond motifs is 4. The van der Waals surface area contributed by atoms with Crippen LogP contribution in [-0.4, -0.2) is 22.3 Å². The van der Waals surface area contributed by atoms with Gasteiger partial charge in [-0.25, -0.2) is 4.98 Å². The summed E-state index contributed by atoms with van der Waals surface area (Å²) in [6.07, 6.45) is 0.980. The average molecular weight is 236 g/mol. The van der Waals surface area contributed by atoms with Crippen LogP contribution in [0.3, 0.4) is 0 Å². The Labute approximate surface area is 105 Å². The lowest BCUT2D eigenvalue weighted by molar-refractivity contribution is 0.0854. The molecule has 1 aromatic heterocycles. The number of para-hydroxylation sites is 1. The van der Waals surface area contributed by atoms with Crippen LogP contribution in [0.15, 0.2) is 35.9 Å². The normalized spacial score (nSPS) is 17.6. The summed E-state index contributed by atoms with van der Waals surface area (Å²) in [6.45, 7) is 2.90. The molecule has 0 N–H and O–H groups in total. The Balaban J connectivity index is 2.09. The van der Waals surface area contributed by atoms with Crippen LogP contribution in [0.1, 0.15) is 29.4 Å². The molecule has 0 bridgehead atoms. The highest BCUT2D eigenvalue weighted by Gasteiger charge is 2.37. The fourth-order valence-corrected chi connectivity index (χ4v) is 2.91. The first kappa shape index (κ1) is 9.83. The molecule has 0 fully saturated rings. The SMILES string of the molecule is CC1=C2c3cc4ccccc4nc3C(=O)N2CC1. The van der Waals surface area contributed by atoms with E-state index in [1.165, 1.54) is 5.57 Å². The molecule has 0 unspecified atom stereocenters. The van der Waals surface area contributed by atoms with Gasteiger partial charge >= 0.3 is 0 Å². The minimum Gasteiger partial charge on any atom is -0.306 e. The summed E-state index contributed by atoms with van der Waals surface area (Å²) in [5, 5.41) is 1.10. The highest BCUT2D eigenvalue weighted by atomic mass is 16.2. The van der Waals surface area contributed by atoms with Crippen LogP contribution in [0.4, 0.5) is 0 Å². The van der Waals surface area contributed by atoms with Crippen molar-refractivity contribution in [1.82, 2.24) is 9.88 Å². The third kappa shape index (κ3) is 1.09. The standard InChI is InChI=1S/C15H12N2O/c1-9-6-7-17-14(9)11-8-10-4-2-3-5-12(10)16-13(11)15(17)18/h2-5,8H,6-7H2,1H3. The zero-order chi connectivity index (χ0) is 12.3. The monoisotopic (exact) mass is 236 g/mol. The van der Waals surface area contributed by atoms with Crippen molar-refractivity contribution < 1.29 is 4.79 Å². The van der Waals surface area contributed by atoms with E-state index in [2.05, 4.69) is 18.0 Å². The van der Waals surface area contributed by atoms with Crippen molar-refractivity contribution in [1.29, 1.82) is 0 Å². The largest absolute Gasteiger partial charge is 0.306 e. The lowest BCUT2D eigenvalue weighted by atomic mass is 10.1. The summed E-state index contributed by atoms with van der Waals surface area (Å²) >= 11 is 0. The van der Waals surface area contributed by atoms with Crippen molar-refractivity contribution in [3.8, 4) is 0 Å². The number of hydrogen-bond acceptors (Lipinski definition) is 2. The molecule has 4 rings (SSSR count). The first-order valence-electron chi connectivity index (χ1n) is 6.17. The number of benzene rings is 1. The Morgan fingerprint density at radius 3 is 3.00 bits per heavy atom. The molecule has 18 heavy (non-hydrogen) atoms. The molecular weight excluding hydrogens is 224 g/mol. The van der Waals surface area contributed by atoms with Gasteiger partial charge < -0.3 is 4.90 Å². The van der Waals surface area contributed by atoms with Crippen LogP contribution in [0.25, 0.3) is 16.6 Å². The molecule has 0 aliphatic carbocycles. The topological polar surface area (TPSA) is 33.2 Å². The lowest BCUT2D eigenvalue weighted by Crippen LogP contribution is -2.20. The summed E-state index contributed by atoms with van der Waals surface area (Å²) in [5.41, 5.74) is 4.90. The van der Waals surface area contributed by atoms with Gasteiger partial charge in [-0.05, 0) is 31.1 Å². The van der Waals surface area contributed by atoms with E-state index >= 15 is 0 Å². The van der Waals surface area contributed by atoms with E-state index in [0.717, 1.165) is 35.1 Å². The second-order valence-electron chi connectivity index (χ2n) is 4.91. The Morgan fingerprint density at radius 2 is 2.11 bits per heavy atom. The van der Waals surface area contributed by atoms with Crippen molar-refractivity contribution in [3.05, 3.63) is 47.2 Å². The van der Waals surface area contributed by atoms with Gasteiger partial charge in [0.25, 0.3) is 5.91 Å². The van der Waals surface area contributed by atoms with Crippen LogP contribution in [-0.2, 0) is 0 Å². The number of amides is 1. The van der Waals surface area contributed by atoms with Crippen molar-refractivity contribution in [2.45, 2.75) is 13.3 Å². The van der Waals surface area contributed by atoms with Crippen molar-refractivity contribution in [2.75, 3.05) is 6.54 Å². The molecule has 0 saturated heterocycles. The molecular formula is C15H12N2O. The minimum atomic E-state index is 0.0580. The maximum Gasteiger partial charge on any atom is 0.277 e. The molecule has 0 radical (unpaired) electrons.